The number of nitro groups is 1. The van der Waals surface area contributed by atoms with Crippen LogP contribution in [-0.4, -0.2) is 31.0 Å². The molecule has 1 amide bonds. The van der Waals surface area contributed by atoms with Crippen LogP contribution in [0, 0.1) is 15.9 Å². The van der Waals surface area contributed by atoms with E-state index in [0.29, 0.717) is 13.1 Å². The van der Waals surface area contributed by atoms with E-state index in [0.717, 1.165) is 10.5 Å². The summed E-state index contributed by atoms with van der Waals surface area (Å²) < 4.78 is 18.7. The van der Waals surface area contributed by atoms with Gasteiger partial charge in [0.25, 0.3) is 11.6 Å². The smallest absolute Gasteiger partial charge is 0.292 e. The Morgan fingerprint density at radius 3 is 2.65 bits per heavy atom. The topological polar surface area (TPSA) is 85.9 Å². The highest BCUT2D eigenvalue weighted by atomic mass is 19.1. The number of amides is 1. The fraction of sp³-hybridized carbons (Fsp3) is 0.278. The molecule has 8 heteroatoms. The minimum Gasteiger partial charge on any atom is -0.494 e. The van der Waals surface area contributed by atoms with Gasteiger partial charge in [-0.15, -0.1) is 0 Å². The van der Waals surface area contributed by atoms with E-state index in [1.807, 2.05) is 6.92 Å². The van der Waals surface area contributed by atoms with Crippen LogP contribution >= 0.6 is 0 Å². The van der Waals surface area contributed by atoms with Crippen molar-refractivity contribution in [1.82, 2.24) is 0 Å². The second kappa shape index (κ2) is 8.91. The molecule has 0 aliphatic carbocycles. The molecule has 0 bridgehead atoms. The van der Waals surface area contributed by atoms with Crippen LogP contribution in [0.4, 0.5) is 15.8 Å². The highest BCUT2D eigenvalue weighted by Gasteiger charge is 2.18. The van der Waals surface area contributed by atoms with Crippen LogP contribution in [-0.2, 0) is 11.3 Å². The van der Waals surface area contributed by atoms with Gasteiger partial charge in [0.15, 0.2) is 18.1 Å². The second-order valence-electron chi connectivity index (χ2n) is 5.75. The van der Waals surface area contributed by atoms with E-state index in [4.69, 9.17) is 4.74 Å². The van der Waals surface area contributed by atoms with Gasteiger partial charge in [-0.25, -0.2) is 4.39 Å². The molecule has 2 rings (SSSR count). The van der Waals surface area contributed by atoms with Gasteiger partial charge in [0.05, 0.1) is 18.6 Å². The molecule has 0 saturated heterocycles. The van der Waals surface area contributed by atoms with E-state index in [2.05, 4.69) is 5.32 Å². The summed E-state index contributed by atoms with van der Waals surface area (Å²) in [5.41, 5.74) is 0.739. The Bertz CT molecular complexity index is 798. The monoisotopic (exact) mass is 362 g/mol. The molecule has 0 aliphatic rings. The summed E-state index contributed by atoms with van der Waals surface area (Å²) in [5, 5.41) is 13.6. The number of benzene rings is 2. The number of likely N-dealkylation sites (N-methyl/N-ethyl adjacent to an activating group) is 1. The predicted octanol–water partition coefficient (Wildman–Crippen LogP) is 1.79. The molecule has 7 nitrogen and oxygen atoms in total. The zero-order valence-electron chi connectivity index (χ0n) is 14.6. The van der Waals surface area contributed by atoms with Crippen molar-refractivity contribution in [2.24, 2.45) is 0 Å². The summed E-state index contributed by atoms with van der Waals surface area (Å²) >= 11 is 0. The van der Waals surface area contributed by atoms with Gasteiger partial charge < -0.3 is 15.0 Å². The van der Waals surface area contributed by atoms with Gasteiger partial charge >= 0.3 is 0 Å². The van der Waals surface area contributed by atoms with Gasteiger partial charge in [-0.05, 0) is 31.2 Å². The average molecular weight is 362 g/mol. The fourth-order valence-corrected chi connectivity index (χ4v) is 2.58. The lowest BCUT2D eigenvalue weighted by Crippen LogP contribution is -3.11. The summed E-state index contributed by atoms with van der Waals surface area (Å²) in [6, 6.07) is 10.7. The van der Waals surface area contributed by atoms with E-state index < -0.39 is 10.7 Å². The van der Waals surface area contributed by atoms with Crippen molar-refractivity contribution in [3.05, 3.63) is 64.0 Å². The number of nitrogens with zero attached hydrogens (tertiary/aromatic N) is 1. The number of quaternary nitrogens is 1. The maximum Gasteiger partial charge on any atom is 0.292 e. The zero-order valence-corrected chi connectivity index (χ0v) is 14.6. The number of hydrogen-bond donors (Lipinski definition) is 2. The third-order valence-corrected chi connectivity index (χ3v) is 3.96. The number of methoxy groups -OCH3 is 1. The third kappa shape index (κ3) is 5.00. The van der Waals surface area contributed by atoms with Crippen molar-refractivity contribution in [3.8, 4) is 5.75 Å². The summed E-state index contributed by atoms with van der Waals surface area (Å²) in [7, 11) is 1.40. The van der Waals surface area contributed by atoms with Crippen LogP contribution in [0.5, 0.6) is 5.75 Å². The van der Waals surface area contributed by atoms with Crippen molar-refractivity contribution in [2.45, 2.75) is 13.5 Å². The molecular weight excluding hydrogens is 341 g/mol. The van der Waals surface area contributed by atoms with Crippen LogP contribution in [0.15, 0.2) is 42.5 Å². The number of para-hydroxylation sites is 2. The van der Waals surface area contributed by atoms with Gasteiger partial charge in [0, 0.05) is 11.6 Å². The van der Waals surface area contributed by atoms with E-state index in [1.165, 1.54) is 31.4 Å². The van der Waals surface area contributed by atoms with Gasteiger partial charge in [-0.1, -0.05) is 12.1 Å². The number of nitrogens with one attached hydrogen (secondary N) is 2. The van der Waals surface area contributed by atoms with E-state index in [9.17, 15) is 19.3 Å². The number of nitro benzene ring substituents is 1. The van der Waals surface area contributed by atoms with Crippen LogP contribution in [0.2, 0.25) is 0 Å². The average Bonchev–Trinajstić information content (AvgIpc) is 2.61. The molecule has 2 aromatic rings. The second-order valence-corrected chi connectivity index (χ2v) is 5.75. The number of carbonyl (C=O) groups is 1. The van der Waals surface area contributed by atoms with E-state index >= 15 is 0 Å². The molecule has 26 heavy (non-hydrogen) atoms. The standard InChI is InChI=1S/C18H20FN3O4/c1-3-21(11-13-8-9-17(26-2)14(19)10-13)12-18(23)20-15-6-4-5-7-16(15)22(24)25/h4-10H,3,11-12H2,1-2H3,(H,20,23)/p+1. The molecule has 1 unspecified atom stereocenters. The maximum atomic E-state index is 13.8. The van der Waals surface area contributed by atoms with E-state index in [-0.39, 0.29) is 29.6 Å². The Morgan fingerprint density at radius 2 is 2.04 bits per heavy atom. The van der Waals surface area contributed by atoms with Gasteiger partial charge in [0.1, 0.15) is 12.2 Å². The fourth-order valence-electron chi connectivity index (χ4n) is 2.58. The number of ether oxygens (including phenoxy) is 1. The minimum absolute atomic E-state index is 0.107. The Morgan fingerprint density at radius 1 is 1.31 bits per heavy atom. The quantitative estimate of drug-likeness (QED) is 0.554. The lowest BCUT2D eigenvalue weighted by molar-refractivity contribution is -0.903. The lowest BCUT2D eigenvalue weighted by atomic mass is 10.2. The highest BCUT2D eigenvalue weighted by molar-refractivity contribution is 5.93. The van der Waals surface area contributed by atoms with Crippen LogP contribution in [0.1, 0.15) is 12.5 Å². The Hall–Kier alpha value is -3.00. The Balaban J connectivity index is 2.02. The highest BCUT2D eigenvalue weighted by Crippen LogP contribution is 2.22. The van der Waals surface area contributed by atoms with Crippen molar-refractivity contribution in [3.63, 3.8) is 0 Å². The molecular formula is C18H21FN3O4+. The molecule has 0 aliphatic heterocycles. The molecule has 0 radical (unpaired) electrons. The number of halogens is 1. The van der Waals surface area contributed by atoms with Crippen LogP contribution in [0.25, 0.3) is 0 Å². The van der Waals surface area contributed by atoms with Crippen molar-refractivity contribution >= 4 is 17.3 Å². The van der Waals surface area contributed by atoms with Crippen molar-refractivity contribution in [1.29, 1.82) is 0 Å². The maximum absolute atomic E-state index is 13.8. The summed E-state index contributed by atoms with van der Waals surface area (Å²) in [4.78, 5) is 23.6. The molecule has 0 spiro atoms. The van der Waals surface area contributed by atoms with Crippen LogP contribution in [0.3, 0.4) is 0 Å². The molecule has 0 aromatic heterocycles. The summed E-state index contributed by atoms with van der Waals surface area (Å²) in [6.07, 6.45) is 0. The normalized spacial score (nSPS) is 11.7. The summed E-state index contributed by atoms with van der Waals surface area (Å²) in [5.74, 6) is -0.629. The third-order valence-electron chi connectivity index (χ3n) is 3.96. The Labute approximate surface area is 150 Å². The molecule has 1 atom stereocenters. The number of anilines is 1. The number of carbonyl (C=O) groups excluding carboxylic acids is 1. The first kappa shape index (κ1) is 19.3. The molecule has 0 heterocycles. The first-order valence-electron chi connectivity index (χ1n) is 8.13. The minimum atomic E-state index is -0.541. The largest absolute Gasteiger partial charge is 0.494 e. The van der Waals surface area contributed by atoms with Crippen molar-refractivity contribution < 1.29 is 23.7 Å². The van der Waals surface area contributed by atoms with E-state index in [1.54, 1.807) is 18.2 Å². The lowest BCUT2D eigenvalue weighted by Gasteiger charge is -2.17. The molecule has 0 saturated carbocycles. The van der Waals surface area contributed by atoms with Gasteiger partial charge in [0.2, 0.25) is 0 Å². The Kier molecular flexibility index (Phi) is 6.62. The van der Waals surface area contributed by atoms with Crippen LogP contribution < -0.4 is 15.0 Å². The van der Waals surface area contributed by atoms with Gasteiger partial charge in [-0.3, -0.25) is 14.9 Å². The molecule has 2 aromatic carbocycles. The number of rotatable bonds is 8. The first-order chi connectivity index (χ1) is 12.4. The zero-order chi connectivity index (χ0) is 19.1. The number of hydrogen-bond acceptors (Lipinski definition) is 4. The van der Waals surface area contributed by atoms with Crippen molar-refractivity contribution in [2.75, 3.05) is 25.5 Å². The predicted molar refractivity (Wildman–Crippen MR) is 94.8 cm³/mol. The SMILES string of the molecule is CC[NH+](CC(=O)Nc1ccccc1[N+](=O)[O-])Cc1ccc(OC)c(F)c1. The molecule has 2 N–H and O–H groups in total. The molecule has 0 fully saturated rings. The first-order valence-corrected chi connectivity index (χ1v) is 8.13. The summed E-state index contributed by atoms with van der Waals surface area (Å²) in [6.45, 7) is 3.10. The van der Waals surface area contributed by atoms with Gasteiger partial charge in [-0.2, -0.15) is 0 Å². The molecule has 138 valence electrons.